The van der Waals surface area contributed by atoms with Crippen molar-refractivity contribution in [2.24, 2.45) is 0 Å². The molecule has 0 N–H and O–H groups in total. The largest absolute Gasteiger partial charge is 0.460 e. The molecular weight excluding hydrogens is 540 g/mol. The van der Waals surface area contributed by atoms with Gasteiger partial charge in [0.15, 0.2) is 11.7 Å². The van der Waals surface area contributed by atoms with Crippen LogP contribution in [-0.2, 0) is 4.74 Å². The van der Waals surface area contributed by atoms with Crippen LogP contribution in [0, 0.1) is 0 Å². The predicted molar refractivity (Wildman–Crippen MR) is 57.6 cm³/mol. The minimum atomic E-state index is -8.55. The zero-order valence-corrected chi connectivity index (χ0v) is 14.0. The van der Waals surface area contributed by atoms with Gasteiger partial charge in [-0.05, 0) is 0 Å². The lowest BCUT2D eigenvalue weighted by Gasteiger charge is -2.42. The third-order valence-corrected chi connectivity index (χ3v) is 4.74. The molecular formula is C12F20O. The van der Waals surface area contributed by atoms with Gasteiger partial charge < -0.3 is 0 Å². The predicted octanol–water partition coefficient (Wildman–Crippen LogP) is 6.59. The van der Waals surface area contributed by atoms with E-state index >= 15 is 0 Å². The van der Waals surface area contributed by atoms with Crippen LogP contribution in [0.3, 0.4) is 0 Å². The fourth-order valence-electron chi connectivity index (χ4n) is 2.92. The summed E-state index contributed by atoms with van der Waals surface area (Å²) in [7, 11) is 0. The smallest absolute Gasteiger partial charge is 0.288 e. The number of alkyl halides is 18. The first-order valence-corrected chi connectivity index (χ1v) is 7.19. The van der Waals surface area contributed by atoms with Crippen molar-refractivity contribution >= 4 is 0 Å². The number of rotatable bonds is 5. The second kappa shape index (κ2) is 6.10. The van der Waals surface area contributed by atoms with Crippen LogP contribution < -0.4 is 0 Å². The van der Waals surface area contributed by atoms with Gasteiger partial charge >= 0.3 is 47.8 Å². The minimum Gasteiger partial charge on any atom is -0.288 e. The highest BCUT2D eigenvalue weighted by Crippen LogP contribution is 2.78. The molecule has 2 bridgehead atoms. The summed E-state index contributed by atoms with van der Waals surface area (Å²) in [4.78, 5) is 0. The number of hydrogen-bond acceptors (Lipinski definition) is 1. The Morgan fingerprint density at radius 2 is 0.879 bits per heavy atom. The molecule has 0 spiro atoms. The SMILES string of the molecule is FC1=C(F)C2(OC(F)(F)C(F)(F)C(F)(F)C(F)(F)C(F)(F)F)C(F)(F)C(F)(F)C1(F)C2(F)F. The molecule has 194 valence electrons. The normalized spacial score (nSPS) is 32.0. The van der Waals surface area contributed by atoms with Crippen molar-refractivity contribution in [3.63, 3.8) is 0 Å². The van der Waals surface area contributed by atoms with Gasteiger partial charge in [-0.15, -0.1) is 0 Å². The van der Waals surface area contributed by atoms with Crippen molar-refractivity contribution in [3.05, 3.63) is 11.7 Å². The third kappa shape index (κ3) is 2.36. The van der Waals surface area contributed by atoms with Crippen LogP contribution in [-0.4, -0.2) is 59.1 Å². The molecule has 21 heteroatoms. The first kappa shape index (κ1) is 27.5. The van der Waals surface area contributed by atoms with Crippen molar-refractivity contribution in [2.75, 3.05) is 0 Å². The molecule has 0 aromatic carbocycles. The van der Waals surface area contributed by atoms with Gasteiger partial charge in [0.05, 0.1) is 0 Å². The molecule has 2 aliphatic carbocycles. The summed E-state index contributed by atoms with van der Waals surface area (Å²) in [5.74, 6) is -56.5. The Labute approximate surface area is 164 Å². The topological polar surface area (TPSA) is 9.23 Å². The van der Waals surface area contributed by atoms with E-state index in [2.05, 4.69) is 0 Å². The highest BCUT2D eigenvalue weighted by atomic mass is 19.4. The average Bonchev–Trinajstić information content (AvgIpc) is 2.75. The van der Waals surface area contributed by atoms with Gasteiger partial charge in [0, 0.05) is 0 Å². The Hall–Kier alpha value is -1.70. The first-order valence-electron chi connectivity index (χ1n) is 7.19. The fraction of sp³-hybridized carbons (Fsp3) is 0.833. The Morgan fingerprint density at radius 3 is 1.24 bits per heavy atom. The van der Waals surface area contributed by atoms with E-state index in [1.54, 1.807) is 4.74 Å². The van der Waals surface area contributed by atoms with E-state index in [0.29, 0.717) is 0 Å². The van der Waals surface area contributed by atoms with Gasteiger partial charge in [-0.1, -0.05) is 0 Å². The van der Waals surface area contributed by atoms with Gasteiger partial charge in [-0.3, -0.25) is 4.74 Å². The molecule has 2 unspecified atom stereocenters. The van der Waals surface area contributed by atoms with E-state index in [-0.39, 0.29) is 0 Å². The average molecular weight is 540 g/mol. The van der Waals surface area contributed by atoms with Crippen LogP contribution in [0.2, 0.25) is 0 Å². The van der Waals surface area contributed by atoms with Crippen molar-refractivity contribution < 1.29 is 92.5 Å². The molecule has 0 aliphatic heterocycles. The van der Waals surface area contributed by atoms with E-state index in [1.165, 1.54) is 0 Å². The van der Waals surface area contributed by atoms with Gasteiger partial charge in [0.25, 0.3) is 11.3 Å². The Bertz CT molecular complexity index is 880. The molecule has 0 aromatic heterocycles. The minimum absolute atomic E-state index is 1.69. The quantitative estimate of drug-likeness (QED) is 0.358. The number of hydrogen-bond donors (Lipinski definition) is 0. The summed E-state index contributed by atoms with van der Waals surface area (Å²) in [5, 5.41) is 0. The summed E-state index contributed by atoms with van der Waals surface area (Å²) in [5.41, 5.74) is -14.2. The standard InChI is InChI=1S/C12F20O/c13-1-2(14)4(5(16,17)3(1,15)6(18,19)7(4,20)21)33-12(31,32)10(26,27)8(22,23)9(24,25)11(28,29)30. The fourth-order valence-corrected chi connectivity index (χ4v) is 2.92. The summed E-state index contributed by atoms with van der Waals surface area (Å²) in [6.07, 6.45) is -16.1. The summed E-state index contributed by atoms with van der Waals surface area (Å²) in [6.45, 7) is 0. The van der Waals surface area contributed by atoms with Gasteiger partial charge in [-0.2, -0.15) is 74.6 Å². The molecule has 0 radical (unpaired) electrons. The van der Waals surface area contributed by atoms with E-state index in [1.807, 2.05) is 0 Å². The third-order valence-electron chi connectivity index (χ3n) is 4.74. The number of fused-ring (bicyclic) bond motifs is 2. The Morgan fingerprint density at radius 1 is 0.485 bits per heavy atom. The molecule has 1 fully saturated rings. The second-order valence-electron chi connectivity index (χ2n) is 6.53. The lowest BCUT2D eigenvalue weighted by Crippen LogP contribution is -2.70. The Balaban J connectivity index is 2.80. The van der Waals surface area contributed by atoms with Crippen LogP contribution in [0.15, 0.2) is 11.7 Å². The van der Waals surface area contributed by atoms with Gasteiger partial charge in [0.2, 0.25) is 0 Å². The van der Waals surface area contributed by atoms with E-state index in [0.717, 1.165) is 0 Å². The zero-order chi connectivity index (χ0) is 26.9. The number of halogens is 20. The van der Waals surface area contributed by atoms with Crippen LogP contribution in [0.5, 0.6) is 0 Å². The lowest BCUT2D eigenvalue weighted by atomic mass is 9.92. The molecule has 0 saturated heterocycles. The van der Waals surface area contributed by atoms with E-state index < -0.39 is 70.7 Å². The molecule has 1 saturated carbocycles. The molecule has 33 heavy (non-hydrogen) atoms. The van der Waals surface area contributed by atoms with Crippen molar-refractivity contribution in [1.82, 2.24) is 0 Å². The van der Waals surface area contributed by atoms with Crippen LogP contribution in [0.25, 0.3) is 0 Å². The highest BCUT2D eigenvalue weighted by molar-refractivity contribution is 5.53. The highest BCUT2D eigenvalue weighted by Gasteiger charge is 3.07. The van der Waals surface area contributed by atoms with Gasteiger partial charge in [0.1, 0.15) is 0 Å². The maximum absolute atomic E-state index is 13.9. The molecule has 0 aromatic rings. The zero-order valence-electron chi connectivity index (χ0n) is 14.0. The molecule has 0 heterocycles. The van der Waals surface area contributed by atoms with Gasteiger partial charge in [-0.25, -0.2) is 13.2 Å². The molecule has 2 aliphatic rings. The summed E-state index contributed by atoms with van der Waals surface area (Å²) < 4.78 is 266. The van der Waals surface area contributed by atoms with Crippen LogP contribution in [0.1, 0.15) is 0 Å². The number of ether oxygens (including phenoxy) is 1. The maximum Gasteiger partial charge on any atom is 0.460 e. The van der Waals surface area contributed by atoms with Crippen LogP contribution >= 0.6 is 0 Å². The molecule has 2 atom stereocenters. The first-order chi connectivity index (χ1) is 14.0. The summed E-state index contributed by atoms with van der Waals surface area (Å²) >= 11 is 0. The monoisotopic (exact) mass is 540 g/mol. The van der Waals surface area contributed by atoms with E-state index in [9.17, 15) is 87.8 Å². The van der Waals surface area contributed by atoms with Crippen molar-refractivity contribution in [1.29, 1.82) is 0 Å². The second-order valence-corrected chi connectivity index (χ2v) is 6.53. The summed E-state index contributed by atoms with van der Waals surface area (Å²) in [6, 6.07) is 0. The number of allylic oxidation sites excluding steroid dienone is 1. The van der Waals surface area contributed by atoms with E-state index in [4.69, 9.17) is 0 Å². The van der Waals surface area contributed by atoms with Crippen LogP contribution in [0.4, 0.5) is 87.8 Å². The van der Waals surface area contributed by atoms with Crippen molar-refractivity contribution in [3.8, 4) is 0 Å². The Kier molecular flexibility index (Phi) is 5.09. The molecule has 1 nitrogen and oxygen atoms in total. The molecule has 0 amide bonds. The molecule has 2 rings (SSSR count). The lowest BCUT2D eigenvalue weighted by molar-refractivity contribution is -0.482. The van der Waals surface area contributed by atoms with Crippen molar-refractivity contribution in [2.45, 2.75) is 59.1 Å². The maximum atomic E-state index is 13.9.